The topological polar surface area (TPSA) is 35.0 Å². The van der Waals surface area contributed by atoms with Crippen molar-refractivity contribution in [3.8, 4) is 17.1 Å². The fraction of sp³-hybridized carbons (Fsp3) is 0.630. The SMILES string of the molecule is CCCCCCCCc1ccc(-c2ncc(OCCCCCC(C)CC)cn2)cc1. The molecule has 2 rings (SSSR count). The molecule has 0 radical (unpaired) electrons. The second-order valence-electron chi connectivity index (χ2n) is 8.67. The lowest BCUT2D eigenvalue weighted by Gasteiger charge is -2.09. The average molecular weight is 411 g/mol. The first kappa shape index (κ1) is 24.4. The summed E-state index contributed by atoms with van der Waals surface area (Å²) in [5.41, 5.74) is 2.47. The first-order valence-electron chi connectivity index (χ1n) is 12.3. The van der Waals surface area contributed by atoms with Gasteiger partial charge in [0.25, 0.3) is 0 Å². The Morgan fingerprint density at radius 3 is 2.17 bits per heavy atom. The minimum atomic E-state index is 0.746. The van der Waals surface area contributed by atoms with Crippen LogP contribution in [0.15, 0.2) is 36.7 Å². The smallest absolute Gasteiger partial charge is 0.159 e. The van der Waals surface area contributed by atoms with Gasteiger partial charge in [0.2, 0.25) is 0 Å². The van der Waals surface area contributed by atoms with Gasteiger partial charge in [-0.1, -0.05) is 103 Å². The van der Waals surface area contributed by atoms with Crippen LogP contribution in [0.3, 0.4) is 0 Å². The zero-order valence-electron chi connectivity index (χ0n) is 19.5. The summed E-state index contributed by atoms with van der Waals surface area (Å²) < 4.78 is 5.80. The highest BCUT2D eigenvalue weighted by Crippen LogP contribution is 2.19. The lowest BCUT2D eigenvalue weighted by molar-refractivity contribution is 0.300. The van der Waals surface area contributed by atoms with E-state index >= 15 is 0 Å². The third kappa shape index (κ3) is 9.73. The zero-order valence-corrected chi connectivity index (χ0v) is 19.5. The molecule has 3 nitrogen and oxygen atoms in total. The highest BCUT2D eigenvalue weighted by Gasteiger charge is 2.04. The summed E-state index contributed by atoms with van der Waals surface area (Å²) in [6.45, 7) is 7.61. The molecule has 0 saturated carbocycles. The maximum atomic E-state index is 5.80. The fourth-order valence-electron chi connectivity index (χ4n) is 3.64. The third-order valence-corrected chi connectivity index (χ3v) is 5.97. The Morgan fingerprint density at radius 1 is 0.800 bits per heavy atom. The summed E-state index contributed by atoms with van der Waals surface area (Å²) in [5, 5.41) is 0. The van der Waals surface area contributed by atoms with Crippen molar-refractivity contribution in [3.63, 3.8) is 0 Å². The van der Waals surface area contributed by atoms with Crippen molar-refractivity contribution in [1.82, 2.24) is 9.97 Å². The zero-order chi connectivity index (χ0) is 21.4. The molecule has 1 atom stereocenters. The molecule has 0 N–H and O–H groups in total. The lowest BCUT2D eigenvalue weighted by atomic mass is 10.0. The van der Waals surface area contributed by atoms with Crippen LogP contribution < -0.4 is 4.74 Å². The molecule has 0 aliphatic rings. The Balaban J connectivity index is 1.67. The summed E-state index contributed by atoms with van der Waals surface area (Å²) in [6, 6.07) is 8.71. The van der Waals surface area contributed by atoms with E-state index in [-0.39, 0.29) is 0 Å². The molecule has 0 saturated heterocycles. The van der Waals surface area contributed by atoms with Crippen molar-refractivity contribution >= 4 is 0 Å². The molecule has 0 aliphatic carbocycles. The monoisotopic (exact) mass is 410 g/mol. The van der Waals surface area contributed by atoms with Crippen LogP contribution in [0.5, 0.6) is 5.75 Å². The molecule has 0 aliphatic heterocycles. The molecule has 0 amide bonds. The van der Waals surface area contributed by atoms with Gasteiger partial charge in [0.1, 0.15) is 0 Å². The number of hydrogen-bond donors (Lipinski definition) is 0. The van der Waals surface area contributed by atoms with E-state index < -0.39 is 0 Å². The number of rotatable bonds is 16. The summed E-state index contributed by atoms with van der Waals surface area (Å²) >= 11 is 0. The van der Waals surface area contributed by atoms with E-state index in [4.69, 9.17) is 4.74 Å². The van der Waals surface area contributed by atoms with Crippen molar-refractivity contribution in [2.24, 2.45) is 5.92 Å². The minimum Gasteiger partial charge on any atom is -0.490 e. The highest BCUT2D eigenvalue weighted by molar-refractivity contribution is 5.55. The summed E-state index contributed by atoms with van der Waals surface area (Å²) in [5.74, 6) is 2.37. The number of nitrogens with zero attached hydrogens (tertiary/aromatic N) is 2. The van der Waals surface area contributed by atoms with Crippen LogP contribution in [0.1, 0.15) is 97.0 Å². The van der Waals surface area contributed by atoms with Crippen molar-refractivity contribution in [2.45, 2.75) is 97.8 Å². The van der Waals surface area contributed by atoms with Crippen LogP contribution in [-0.4, -0.2) is 16.6 Å². The van der Waals surface area contributed by atoms with Crippen molar-refractivity contribution in [2.75, 3.05) is 6.61 Å². The van der Waals surface area contributed by atoms with Crippen LogP contribution in [0.2, 0.25) is 0 Å². The Hall–Kier alpha value is -1.90. The second-order valence-corrected chi connectivity index (χ2v) is 8.67. The standard InChI is InChI=1S/C27H42N2O/c1-4-6-7-8-9-12-15-24-16-18-25(19-17-24)27-28-21-26(22-29-27)30-20-13-10-11-14-23(3)5-2/h16-19,21-23H,4-15,20H2,1-3H3. The molecule has 0 bridgehead atoms. The number of aryl methyl sites for hydroxylation is 1. The van der Waals surface area contributed by atoms with E-state index in [9.17, 15) is 0 Å². The van der Waals surface area contributed by atoms with E-state index in [1.165, 1.54) is 69.8 Å². The Morgan fingerprint density at radius 2 is 1.47 bits per heavy atom. The van der Waals surface area contributed by atoms with Crippen molar-refractivity contribution in [3.05, 3.63) is 42.2 Å². The van der Waals surface area contributed by atoms with Gasteiger partial charge in [-0.15, -0.1) is 0 Å². The van der Waals surface area contributed by atoms with Gasteiger partial charge in [0.15, 0.2) is 11.6 Å². The molecular formula is C27H42N2O. The molecule has 30 heavy (non-hydrogen) atoms. The number of unbranched alkanes of at least 4 members (excludes halogenated alkanes) is 7. The maximum absolute atomic E-state index is 5.80. The molecule has 2 aromatic rings. The van der Waals surface area contributed by atoms with Gasteiger partial charge < -0.3 is 4.74 Å². The van der Waals surface area contributed by atoms with E-state index in [0.29, 0.717) is 0 Å². The van der Waals surface area contributed by atoms with Gasteiger partial charge in [0, 0.05) is 5.56 Å². The van der Waals surface area contributed by atoms with Gasteiger partial charge in [0.05, 0.1) is 19.0 Å². The largest absolute Gasteiger partial charge is 0.490 e. The van der Waals surface area contributed by atoms with Gasteiger partial charge in [-0.2, -0.15) is 0 Å². The predicted molar refractivity (Wildman–Crippen MR) is 128 cm³/mol. The first-order valence-corrected chi connectivity index (χ1v) is 12.3. The molecule has 1 aromatic heterocycles. The molecule has 0 spiro atoms. The normalized spacial score (nSPS) is 12.1. The number of hydrogen-bond acceptors (Lipinski definition) is 3. The fourth-order valence-corrected chi connectivity index (χ4v) is 3.64. The van der Waals surface area contributed by atoms with Gasteiger partial charge in [-0.3, -0.25) is 0 Å². The van der Waals surface area contributed by atoms with Crippen LogP contribution >= 0.6 is 0 Å². The van der Waals surface area contributed by atoms with Gasteiger partial charge >= 0.3 is 0 Å². The number of benzene rings is 1. The highest BCUT2D eigenvalue weighted by atomic mass is 16.5. The van der Waals surface area contributed by atoms with Crippen molar-refractivity contribution < 1.29 is 4.74 Å². The second kappa shape index (κ2) is 15.0. The molecule has 166 valence electrons. The van der Waals surface area contributed by atoms with Crippen LogP contribution in [0.25, 0.3) is 11.4 Å². The third-order valence-electron chi connectivity index (χ3n) is 5.97. The van der Waals surface area contributed by atoms with E-state index in [2.05, 4.69) is 55.0 Å². The van der Waals surface area contributed by atoms with Crippen LogP contribution in [-0.2, 0) is 6.42 Å². The molecule has 3 heteroatoms. The molecule has 0 fully saturated rings. The van der Waals surface area contributed by atoms with Crippen molar-refractivity contribution in [1.29, 1.82) is 0 Å². The average Bonchev–Trinajstić information content (AvgIpc) is 2.79. The summed E-state index contributed by atoms with van der Waals surface area (Å²) in [7, 11) is 0. The Kier molecular flexibility index (Phi) is 12.2. The van der Waals surface area contributed by atoms with E-state index in [0.717, 1.165) is 42.5 Å². The summed E-state index contributed by atoms with van der Waals surface area (Å²) in [6.07, 6.45) is 19.0. The van der Waals surface area contributed by atoms with Gasteiger partial charge in [-0.05, 0) is 30.7 Å². The Bertz CT molecular complexity index is 666. The molecule has 1 heterocycles. The van der Waals surface area contributed by atoms with Crippen LogP contribution in [0, 0.1) is 5.92 Å². The molecule has 1 aromatic carbocycles. The maximum Gasteiger partial charge on any atom is 0.159 e. The quantitative estimate of drug-likeness (QED) is 0.263. The van der Waals surface area contributed by atoms with Crippen LogP contribution in [0.4, 0.5) is 0 Å². The molecule has 1 unspecified atom stereocenters. The van der Waals surface area contributed by atoms with Gasteiger partial charge in [-0.25, -0.2) is 9.97 Å². The minimum absolute atomic E-state index is 0.746. The first-order chi connectivity index (χ1) is 14.7. The predicted octanol–water partition coefficient (Wildman–Crippen LogP) is 8.03. The van der Waals surface area contributed by atoms with E-state index in [1.54, 1.807) is 12.4 Å². The summed E-state index contributed by atoms with van der Waals surface area (Å²) in [4.78, 5) is 8.99. The van der Waals surface area contributed by atoms with E-state index in [1.807, 2.05) is 0 Å². The Labute approximate surface area is 184 Å². The molecular weight excluding hydrogens is 368 g/mol. The number of aromatic nitrogens is 2. The lowest BCUT2D eigenvalue weighted by Crippen LogP contribution is -2.00. The number of ether oxygens (including phenoxy) is 1.